The maximum Gasteiger partial charge on any atom is 0.293 e. The van der Waals surface area contributed by atoms with Crippen LogP contribution in [0.1, 0.15) is 16.7 Å². The van der Waals surface area contributed by atoms with Gasteiger partial charge in [-0.2, -0.15) is 0 Å². The van der Waals surface area contributed by atoms with Crippen LogP contribution in [0.4, 0.5) is 9.18 Å². The Morgan fingerprint density at radius 3 is 2.47 bits per heavy atom. The van der Waals surface area contributed by atoms with Gasteiger partial charge in [-0.1, -0.05) is 65.7 Å². The van der Waals surface area contributed by atoms with Crippen molar-refractivity contribution in [3.63, 3.8) is 0 Å². The van der Waals surface area contributed by atoms with Crippen molar-refractivity contribution < 1.29 is 14.0 Å². The number of carbonyl (C=O) groups excluding carboxylic acids is 2. The summed E-state index contributed by atoms with van der Waals surface area (Å²) in [7, 11) is 0. The molecule has 0 N–H and O–H groups in total. The van der Waals surface area contributed by atoms with Gasteiger partial charge in [0.2, 0.25) is 0 Å². The number of halogens is 3. The fraction of sp³-hybridized carbons (Fsp3) is 0.0769. The standard InChI is InChI=1S/C26H17Cl2FN2O2S/c27-20-10-9-16(11-21(20)28)13-31-25(32)24(34-26(31)33)12-18-15-30(23-8-4-2-6-19(18)23)14-17-5-1-3-7-22(17)29/h1-12,15H,13-14H2/b24-12-. The molecule has 34 heavy (non-hydrogen) atoms. The molecule has 1 aliphatic heterocycles. The van der Waals surface area contributed by atoms with E-state index in [1.165, 1.54) is 11.0 Å². The normalized spacial score (nSPS) is 15.1. The Bertz CT molecular complexity index is 1480. The summed E-state index contributed by atoms with van der Waals surface area (Å²) in [5.74, 6) is -0.641. The second-order valence-corrected chi connectivity index (χ2v) is 9.64. The molecule has 2 amide bonds. The van der Waals surface area contributed by atoms with Gasteiger partial charge < -0.3 is 4.57 Å². The van der Waals surface area contributed by atoms with Crippen molar-refractivity contribution >= 4 is 63.1 Å². The van der Waals surface area contributed by atoms with Gasteiger partial charge in [-0.15, -0.1) is 0 Å². The number of rotatable bonds is 5. The molecule has 4 aromatic rings. The molecule has 1 aliphatic rings. The topological polar surface area (TPSA) is 42.3 Å². The SMILES string of the molecule is O=C1S/C(=C\c2cn(Cc3ccccc3F)c3ccccc23)C(=O)N1Cc1ccc(Cl)c(Cl)c1. The number of imide groups is 1. The van der Waals surface area contributed by atoms with Crippen LogP contribution in [0.5, 0.6) is 0 Å². The summed E-state index contributed by atoms with van der Waals surface area (Å²) in [6, 6.07) is 19.4. The van der Waals surface area contributed by atoms with Crippen molar-refractivity contribution in [2.75, 3.05) is 0 Å². The molecule has 0 spiro atoms. The maximum atomic E-state index is 14.2. The van der Waals surface area contributed by atoms with Crippen LogP contribution in [0, 0.1) is 5.82 Å². The molecule has 0 bridgehead atoms. The first-order valence-corrected chi connectivity index (χ1v) is 12.0. The van der Waals surface area contributed by atoms with Gasteiger partial charge in [0.05, 0.1) is 28.0 Å². The Morgan fingerprint density at radius 1 is 0.912 bits per heavy atom. The molecule has 0 atom stereocenters. The molecule has 5 rings (SSSR count). The maximum absolute atomic E-state index is 14.2. The van der Waals surface area contributed by atoms with E-state index >= 15 is 0 Å². The second-order valence-electron chi connectivity index (χ2n) is 7.84. The minimum absolute atomic E-state index is 0.105. The summed E-state index contributed by atoms with van der Waals surface area (Å²) in [6.45, 7) is 0.452. The van der Waals surface area contributed by atoms with Crippen molar-refractivity contribution in [2.45, 2.75) is 13.1 Å². The Morgan fingerprint density at radius 2 is 1.68 bits per heavy atom. The minimum atomic E-state index is -0.369. The molecular formula is C26H17Cl2FN2O2S. The highest BCUT2D eigenvalue weighted by Crippen LogP contribution is 2.35. The summed E-state index contributed by atoms with van der Waals surface area (Å²) < 4.78 is 16.2. The van der Waals surface area contributed by atoms with E-state index in [4.69, 9.17) is 23.2 Å². The molecule has 0 unspecified atom stereocenters. The molecule has 0 saturated carbocycles. The number of fused-ring (bicyclic) bond motifs is 1. The van der Waals surface area contributed by atoms with Gasteiger partial charge in [0, 0.05) is 28.2 Å². The first-order valence-electron chi connectivity index (χ1n) is 10.4. The second kappa shape index (κ2) is 9.29. The monoisotopic (exact) mass is 510 g/mol. The van der Waals surface area contributed by atoms with Crippen LogP contribution < -0.4 is 0 Å². The van der Waals surface area contributed by atoms with Gasteiger partial charge >= 0.3 is 0 Å². The lowest BCUT2D eigenvalue weighted by Gasteiger charge is -2.12. The molecule has 170 valence electrons. The van der Waals surface area contributed by atoms with Crippen LogP contribution in [-0.4, -0.2) is 20.6 Å². The van der Waals surface area contributed by atoms with E-state index in [1.807, 2.05) is 35.0 Å². The van der Waals surface area contributed by atoms with Crippen LogP contribution in [-0.2, 0) is 17.9 Å². The lowest BCUT2D eigenvalue weighted by molar-refractivity contribution is -0.123. The molecule has 8 heteroatoms. The Hall–Kier alpha value is -3.06. The zero-order chi connectivity index (χ0) is 23.8. The minimum Gasteiger partial charge on any atom is -0.342 e. The van der Waals surface area contributed by atoms with Crippen LogP contribution >= 0.6 is 35.0 Å². The van der Waals surface area contributed by atoms with Crippen molar-refractivity contribution in [3.05, 3.63) is 110 Å². The fourth-order valence-electron chi connectivity index (χ4n) is 3.93. The van der Waals surface area contributed by atoms with E-state index in [1.54, 1.807) is 42.5 Å². The first kappa shape index (κ1) is 22.7. The molecule has 1 fully saturated rings. The van der Waals surface area contributed by atoms with E-state index in [-0.39, 0.29) is 23.5 Å². The Balaban J connectivity index is 1.46. The Kier molecular flexibility index (Phi) is 6.21. The van der Waals surface area contributed by atoms with Gasteiger partial charge in [0.15, 0.2) is 0 Å². The van der Waals surface area contributed by atoms with E-state index in [9.17, 15) is 14.0 Å². The molecular weight excluding hydrogens is 494 g/mol. The lowest BCUT2D eigenvalue weighted by Crippen LogP contribution is -2.27. The number of benzene rings is 3. The number of carbonyl (C=O) groups is 2. The van der Waals surface area contributed by atoms with Crippen LogP contribution in [0.2, 0.25) is 10.0 Å². The molecule has 1 saturated heterocycles. The Labute approximate surface area is 209 Å². The van der Waals surface area contributed by atoms with Gasteiger partial charge in [0.1, 0.15) is 5.82 Å². The highest BCUT2D eigenvalue weighted by atomic mass is 35.5. The van der Waals surface area contributed by atoms with Gasteiger partial charge in [-0.05, 0) is 47.7 Å². The van der Waals surface area contributed by atoms with E-state index in [2.05, 4.69) is 0 Å². The predicted octanol–water partition coefficient (Wildman–Crippen LogP) is 7.37. The number of amides is 2. The van der Waals surface area contributed by atoms with Gasteiger partial charge in [-0.25, -0.2) is 4.39 Å². The van der Waals surface area contributed by atoms with Crippen molar-refractivity contribution in [2.24, 2.45) is 0 Å². The van der Waals surface area contributed by atoms with Gasteiger partial charge in [-0.3, -0.25) is 14.5 Å². The van der Waals surface area contributed by atoms with Crippen molar-refractivity contribution in [1.29, 1.82) is 0 Å². The zero-order valence-corrected chi connectivity index (χ0v) is 20.0. The molecule has 3 aromatic carbocycles. The molecule has 1 aromatic heterocycles. The number of aromatic nitrogens is 1. The van der Waals surface area contributed by atoms with Gasteiger partial charge in [0.25, 0.3) is 11.1 Å². The largest absolute Gasteiger partial charge is 0.342 e. The summed E-state index contributed by atoms with van der Waals surface area (Å²) in [5, 5.41) is 1.34. The lowest BCUT2D eigenvalue weighted by atomic mass is 10.1. The summed E-state index contributed by atoms with van der Waals surface area (Å²) in [4.78, 5) is 27.2. The molecule has 0 radical (unpaired) electrons. The number of thioether (sulfide) groups is 1. The highest BCUT2D eigenvalue weighted by molar-refractivity contribution is 8.18. The van der Waals surface area contributed by atoms with Crippen molar-refractivity contribution in [1.82, 2.24) is 9.47 Å². The fourth-order valence-corrected chi connectivity index (χ4v) is 5.08. The van der Waals surface area contributed by atoms with E-state index in [0.717, 1.165) is 28.2 Å². The average molecular weight is 511 g/mol. The molecule has 2 heterocycles. The number of hydrogen-bond donors (Lipinski definition) is 0. The highest BCUT2D eigenvalue weighted by Gasteiger charge is 2.35. The molecule has 4 nitrogen and oxygen atoms in total. The average Bonchev–Trinajstić information content (AvgIpc) is 3.30. The first-order chi connectivity index (χ1) is 16.4. The summed E-state index contributed by atoms with van der Waals surface area (Å²) in [5.41, 5.74) is 2.97. The third-order valence-corrected chi connectivity index (χ3v) is 7.25. The third-order valence-electron chi connectivity index (χ3n) is 5.60. The quantitative estimate of drug-likeness (QED) is 0.263. The smallest absolute Gasteiger partial charge is 0.293 e. The zero-order valence-electron chi connectivity index (χ0n) is 17.7. The number of para-hydroxylation sites is 1. The van der Waals surface area contributed by atoms with Crippen molar-refractivity contribution in [3.8, 4) is 0 Å². The van der Waals surface area contributed by atoms with E-state index < -0.39 is 0 Å². The number of hydrogen-bond acceptors (Lipinski definition) is 3. The number of nitrogens with zero attached hydrogens (tertiary/aromatic N) is 2. The van der Waals surface area contributed by atoms with Crippen LogP contribution in [0.25, 0.3) is 17.0 Å². The van der Waals surface area contributed by atoms with Crippen LogP contribution in [0.15, 0.2) is 77.8 Å². The molecule has 0 aliphatic carbocycles. The third kappa shape index (κ3) is 4.37. The summed E-state index contributed by atoms with van der Waals surface area (Å²) >= 11 is 12.9. The van der Waals surface area contributed by atoms with Crippen LogP contribution in [0.3, 0.4) is 0 Å². The predicted molar refractivity (Wildman–Crippen MR) is 135 cm³/mol. The van der Waals surface area contributed by atoms with E-state index in [0.29, 0.717) is 32.6 Å². The summed E-state index contributed by atoms with van der Waals surface area (Å²) in [6.07, 6.45) is 3.60.